The number of nitrogens with one attached hydrogen (secondary N) is 4. The molecule has 8 N–H and O–H groups in total. The molecule has 4 amide bonds. The van der Waals surface area contributed by atoms with Gasteiger partial charge in [0.1, 0.15) is 17.5 Å². The molecule has 0 heterocycles. The molecule has 102 heavy (non-hydrogen) atoms. The first-order chi connectivity index (χ1) is 48.2. The third-order valence-corrected chi connectivity index (χ3v) is 22.8. The van der Waals surface area contributed by atoms with Crippen LogP contribution in [-0.2, 0) is 40.1 Å². The van der Waals surface area contributed by atoms with Crippen LogP contribution in [0.25, 0.3) is 0 Å². The molecule has 0 bridgehead atoms. The normalized spacial score (nSPS) is 11.6. The molecule has 0 aliphatic carbocycles. The fourth-order valence-corrected chi connectivity index (χ4v) is 14.8. The van der Waals surface area contributed by atoms with Crippen LogP contribution >= 0.6 is 23.2 Å². The standard InChI is InChI=1S/C18H21FN2O4S.C17H18ClFN2O4S.C17H19ClN2O4S.C17H19FN2O4S/c1-3-21(9-10-22)26(24,25)16-6-4-5-14(12-16)18(23)20-15-7-8-17(19)13(2)11-15;1-2-21(8-9-22)26(24,25)14-5-3-4-12(10-14)17(23)20-13-6-7-16(19)15(18)11-13;1-20(9-4-10-21)25(23,24)16-8-2-5-13(11-16)17(22)19-15-7-3-6-14(18)12-15;1-12-10-14(6-7-16(12)18)19-17(22)13-4-3-5-15(11-13)25(23,24)20(2)8-9-21/h4-8,11-12,22H,3,9-10H2,1-2H3,(H,20,23);3-7,10-11,22H,2,8-9H2,1H3,(H,20,23);2-3,5-8,11-12,21H,4,9-10H2,1H3,(H,19,22);3-7,10-11,21H,8-9H2,1-2H3,(H,19,22). The van der Waals surface area contributed by atoms with Crippen LogP contribution in [0.15, 0.2) is 196 Å². The van der Waals surface area contributed by atoms with Crippen LogP contribution < -0.4 is 21.3 Å². The maximum atomic E-state index is 13.3. The Hall–Kier alpha value is -8.51. The van der Waals surface area contributed by atoms with Gasteiger partial charge in [-0.05, 0) is 177 Å². The minimum atomic E-state index is -3.83. The molecule has 8 aromatic carbocycles. The highest BCUT2D eigenvalue weighted by Gasteiger charge is 2.27. The van der Waals surface area contributed by atoms with Crippen molar-refractivity contribution in [3.05, 3.63) is 237 Å². The predicted molar refractivity (Wildman–Crippen MR) is 384 cm³/mol. The maximum Gasteiger partial charge on any atom is 0.255 e. The summed E-state index contributed by atoms with van der Waals surface area (Å²) < 4.78 is 144. The molecule has 0 aliphatic heterocycles. The highest BCUT2D eigenvalue weighted by molar-refractivity contribution is 7.90. The Morgan fingerprint density at radius 2 is 0.696 bits per heavy atom. The van der Waals surface area contributed by atoms with Crippen LogP contribution in [0.1, 0.15) is 72.8 Å². The van der Waals surface area contributed by atoms with Crippen molar-refractivity contribution in [1.29, 1.82) is 0 Å². The molecule has 0 saturated carbocycles. The molecular formula is C69H77Cl2F3N8O16S4. The minimum Gasteiger partial charge on any atom is -0.396 e. The monoisotopic (exact) mass is 1530 g/mol. The largest absolute Gasteiger partial charge is 0.396 e. The molecule has 548 valence electrons. The third kappa shape index (κ3) is 23.8. The second kappa shape index (κ2) is 39.2. The van der Waals surface area contributed by atoms with Gasteiger partial charge in [-0.2, -0.15) is 12.9 Å². The average Bonchev–Trinajstić information content (AvgIpc) is 0.822. The zero-order valence-corrected chi connectivity index (χ0v) is 60.8. The Morgan fingerprint density at radius 1 is 0.382 bits per heavy atom. The highest BCUT2D eigenvalue weighted by Crippen LogP contribution is 2.26. The van der Waals surface area contributed by atoms with Crippen molar-refractivity contribution in [3.8, 4) is 0 Å². The summed E-state index contributed by atoms with van der Waals surface area (Å²) in [5, 5.41) is 46.6. The Labute approximate surface area is 601 Å². The van der Waals surface area contributed by atoms with Crippen LogP contribution in [-0.4, -0.2) is 175 Å². The smallest absolute Gasteiger partial charge is 0.255 e. The predicted octanol–water partition coefficient (Wildman–Crippen LogP) is 9.72. The van der Waals surface area contributed by atoms with E-state index < -0.39 is 69.5 Å². The Morgan fingerprint density at radius 3 is 1.01 bits per heavy atom. The Kier molecular flexibility index (Phi) is 32.4. The summed E-state index contributed by atoms with van der Waals surface area (Å²) >= 11 is 11.6. The zero-order valence-electron chi connectivity index (χ0n) is 56.0. The van der Waals surface area contributed by atoms with Crippen molar-refractivity contribution in [2.75, 3.05) is 101 Å². The van der Waals surface area contributed by atoms with Gasteiger partial charge in [-0.15, -0.1) is 0 Å². The molecule has 0 radical (unpaired) electrons. The second-order valence-corrected chi connectivity index (χ2v) is 30.7. The average molecular weight is 1530 g/mol. The van der Waals surface area contributed by atoms with Crippen molar-refractivity contribution >= 4 is 110 Å². The first kappa shape index (κ1) is 84.1. The molecule has 0 fully saturated rings. The second-order valence-electron chi connectivity index (χ2n) is 21.9. The van der Waals surface area contributed by atoms with Gasteiger partial charge in [-0.25, -0.2) is 51.1 Å². The van der Waals surface area contributed by atoms with Crippen molar-refractivity contribution < 1.29 is 86.4 Å². The number of nitrogens with zero attached hydrogens (tertiary/aromatic N) is 4. The number of benzene rings is 8. The van der Waals surface area contributed by atoms with Crippen molar-refractivity contribution in [1.82, 2.24) is 17.2 Å². The third-order valence-electron chi connectivity index (χ3n) is 14.6. The van der Waals surface area contributed by atoms with Crippen molar-refractivity contribution in [2.24, 2.45) is 0 Å². The Balaban J connectivity index is 0.000000245. The number of aliphatic hydroxyl groups is 4. The van der Waals surface area contributed by atoms with E-state index in [0.29, 0.717) is 39.6 Å². The number of sulfonamides is 4. The summed E-state index contributed by atoms with van der Waals surface area (Å²) in [5.41, 5.74) is 3.06. The fourth-order valence-electron chi connectivity index (χ4n) is 9.04. The number of aryl methyl sites for hydroxylation is 2. The summed E-state index contributed by atoms with van der Waals surface area (Å²) in [7, 11) is -12.4. The number of hydrogen-bond acceptors (Lipinski definition) is 16. The lowest BCUT2D eigenvalue weighted by Crippen LogP contribution is -2.33. The van der Waals surface area contributed by atoms with E-state index in [4.69, 9.17) is 43.6 Å². The quantitative estimate of drug-likeness (QED) is 0.0237. The van der Waals surface area contributed by atoms with Crippen LogP contribution in [0.5, 0.6) is 0 Å². The molecule has 0 spiro atoms. The summed E-state index contributed by atoms with van der Waals surface area (Å²) in [6.45, 7) is 5.95. The molecule has 0 atom stereocenters. The summed E-state index contributed by atoms with van der Waals surface area (Å²) in [6, 6.07) is 41.3. The lowest BCUT2D eigenvalue weighted by atomic mass is 10.2. The molecule has 0 unspecified atom stereocenters. The van der Waals surface area contributed by atoms with Gasteiger partial charge in [0.2, 0.25) is 40.1 Å². The van der Waals surface area contributed by atoms with E-state index in [9.17, 15) is 66.0 Å². The zero-order chi connectivity index (χ0) is 75.7. The topological polar surface area (TPSA) is 347 Å². The van der Waals surface area contributed by atoms with Gasteiger partial charge in [0.25, 0.3) is 23.6 Å². The van der Waals surface area contributed by atoms with Gasteiger partial charge in [0.15, 0.2) is 0 Å². The number of amides is 4. The van der Waals surface area contributed by atoms with Gasteiger partial charge >= 0.3 is 0 Å². The van der Waals surface area contributed by atoms with Crippen LogP contribution in [0, 0.1) is 31.3 Å². The highest BCUT2D eigenvalue weighted by atomic mass is 35.5. The van der Waals surface area contributed by atoms with Crippen LogP contribution in [0.3, 0.4) is 0 Å². The number of hydrogen-bond donors (Lipinski definition) is 8. The summed E-state index contributed by atoms with van der Waals surface area (Å²) in [5.74, 6) is -3.36. The van der Waals surface area contributed by atoms with E-state index in [1.807, 2.05) is 0 Å². The molecule has 0 aromatic heterocycles. The summed E-state index contributed by atoms with van der Waals surface area (Å²) in [6.07, 6.45) is 0.338. The number of halogens is 5. The van der Waals surface area contributed by atoms with Crippen LogP contribution in [0.2, 0.25) is 10.0 Å². The lowest BCUT2D eigenvalue weighted by Gasteiger charge is -2.19. The molecule has 24 nitrogen and oxygen atoms in total. The first-order valence-electron chi connectivity index (χ1n) is 30.9. The molecule has 33 heteroatoms. The van der Waals surface area contributed by atoms with E-state index in [1.165, 1.54) is 160 Å². The van der Waals surface area contributed by atoms with E-state index in [0.717, 1.165) is 23.3 Å². The van der Waals surface area contributed by atoms with E-state index in [2.05, 4.69) is 21.3 Å². The van der Waals surface area contributed by atoms with Gasteiger partial charge in [-0.1, -0.05) is 67.4 Å². The number of carbonyl (C=O) groups is 4. The number of likely N-dealkylation sites (N-methyl/N-ethyl adjacent to an activating group) is 3. The molecule has 8 aromatic rings. The maximum absolute atomic E-state index is 13.3. The molecule has 0 aliphatic rings. The van der Waals surface area contributed by atoms with Crippen LogP contribution in [0.4, 0.5) is 35.9 Å². The van der Waals surface area contributed by atoms with Gasteiger partial charge in [-0.3, -0.25) is 19.2 Å². The number of anilines is 4. The fraction of sp³-hybridized carbons (Fsp3) is 0.246. The number of rotatable bonds is 27. The van der Waals surface area contributed by atoms with E-state index in [1.54, 1.807) is 52.0 Å². The first-order valence-corrected chi connectivity index (χ1v) is 37.4. The van der Waals surface area contributed by atoms with Gasteiger partial charge < -0.3 is 41.7 Å². The van der Waals surface area contributed by atoms with Gasteiger partial charge in [0, 0.05) is 110 Å². The molecular weight excluding hydrogens is 1450 g/mol. The Bertz CT molecular complexity index is 4570. The SMILES string of the molecule is CCN(CCO)S(=O)(=O)c1cccc(C(=O)Nc2ccc(F)c(C)c2)c1.CCN(CCO)S(=O)(=O)c1cccc(C(=O)Nc2ccc(F)c(Cl)c2)c1.CN(CCCO)S(=O)(=O)c1cccc(C(=O)Nc2cccc(Cl)c2)c1.Cc1cc(NC(=O)c2cccc(S(=O)(=O)N(C)CCO)c2)ccc1F. The molecule has 0 saturated heterocycles. The number of carbonyl (C=O) groups excluding carboxylic acids is 4. The van der Waals surface area contributed by atoms with E-state index >= 15 is 0 Å². The number of aliphatic hydroxyl groups excluding tert-OH is 4. The summed E-state index contributed by atoms with van der Waals surface area (Å²) in [4.78, 5) is 49.3. The minimum absolute atomic E-state index is 0.0201. The van der Waals surface area contributed by atoms with E-state index in [-0.39, 0.29) is 130 Å². The van der Waals surface area contributed by atoms with Crippen molar-refractivity contribution in [3.63, 3.8) is 0 Å². The van der Waals surface area contributed by atoms with Crippen molar-refractivity contribution in [2.45, 2.75) is 53.7 Å². The lowest BCUT2D eigenvalue weighted by molar-refractivity contribution is 0.101. The molecule has 8 rings (SSSR count). The van der Waals surface area contributed by atoms with Gasteiger partial charge in [0.05, 0.1) is 44.4 Å².